The van der Waals surface area contributed by atoms with Crippen molar-refractivity contribution >= 4 is 11.8 Å². The van der Waals surface area contributed by atoms with Crippen LogP contribution in [0.4, 0.5) is 0 Å². The topological polar surface area (TPSA) is 18.5 Å². The maximum Gasteiger partial charge on any atom is 0.284 e. The van der Waals surface area contributed by atoms with E-state index in [0.717, 1.165) is 5.57 Å². The Kier molecular flexibility index (Phi) is 2.13. The molecule has 0 bridgehead atoms. The number of ether oxygens (including phenoxy) is 2. The number of hydrogen-bond acceptors (Lipinski definition) is 3. The predicted molar refractivity (Wildman–Crippen MR) is 49.6 cm³/mol. The van der Waals surface area contributed by atoms with E-state index >= 15 is 0 Å². The first-order valence-electron chi connectivity index (χ1n) is 3.86. The van der Waals surface area contributed by atoms with Crippen LogP contribution < -0.4 is 0 Å². The quantitative estimate of drug-likeness (QED) is 0.578. The molecule has 1 fully saturated rings. The third-order valence-electron chi connectivity index (χ3n) is 1.78. The molecule has 0 radical (unpaired) electrons. The Balaban J connectivity index is 2.24. The van der Waals surface area contributed by atoms with Gasteiger partial charge in [-0.2, -0.15) is 0 Å². The third-order valence-corrected chi connectivity index (χ3v) is 2.81. The first-order chi connectivity index (χ1) is 5.92. The van der Waals surface area contributed by atoms with Gasteiger partial charge >= 0.3 is 0 Å². The fourth-order valence-electron chi connectivity index (χ4n) is 1.21. The Morgan fingerprint density at radius 1 is 1.50 bits per heavy atom. The molecule has 1 atom stereocenters. The normalized spacial score (nSPS) is 27.2. The molecular formula is C9H10O2S. The van der Waals surface area contributed by atoms with Crippen LogP contribution in [0.5, 0.6) is 0 Å². The van der Waals surface area contributed by atoms with Crippen molar-refractivity contribution in [3.8, 4) is 0 Å². The van der Waals surface area contributed by atoms with Crippen LogP contribution >= 0.6 is 11.8 Å². The maximum absolute atomic E-state index is 5.31. The molecule has 12 heavy (non-hydrogen) atoms. The molecule has 0 spiro atoms. The van der Waals surface area contributed by atoms with Crippen LogP contribution in [0.1, 0.15) is 0 Å². The van der Waals surface area contributed by atoms with E-state index in [4.69, 9.17) is 9.47 Å². The van der Waals surface area contributed by atoms with Crippen molar-refractivity contribution in [2.24, 2.45) is 0 Å². The molecule has 0 aromatic rings. The molecular weight excluding hydrogens is 172 g/mol. The van der Waals surface area contributed by atoms with Crippen LogP contribution in [0.2, 0.25) is 0 Å². The molecule has 2 aliphatic rings. The second-order valence-corrected chi connectivity index (χ2v) is 3.59. The Morgan fingerprint density at radius 3 is 2.92 bits per heavy atom. The molecule has 2 aliphatic heterocycles. The average Bonchev–Trinajstić information content (AvgIpc) is 2.74. The zero-order valence-corrected chi connectivity index (χ0v) is 7.47. The van der Waals surface area contributed by atoms with Crippen LogP contribution in [0.25, 0.3) is 0 Å². The second kappa shape index (κ2) is 3.27. The zero-order valence-electron chi connectivity index (χ0n) is 6.66. The van der Waals surface area contributed by atoms with Gasteiger partial charge in [0, 0.05) is 0 Å². The fourth-order valence-corrected chi connectivity index (χ4v) is 2.04. The van der Waals surface area contributed by atoms with Crippen molar-refractivity contribution in [3.63, 3.8) is 0 Å². The number of allylic oxidation sites excluding steroid dienone is 1. The van der Waals surface area contributed by atoms with Crippen LogP contribution in [-0.2, 0) is 9.47 Å². The van der Waals surface area contributed by atoms with Crippen LogP contribution in [0.15, 0.2) is 35.7 Å². The summed E-state index contributed by atoms with van der Waals surface area (Å²) in [4.78, 5) is 0. The van der Waals surface area contributed by atoms with Gasteiger partial charge in [0.2, 0.25) is 0 Å². The van der Waals surface area contributed by atoms with Crippen molar-refractivity contribution in [1.29, 1.82) is 0 Å². The number of hydrogen-bond donors (Lipinski definition) is 0. The van der Waals surface area contributed by atoms with Crippen molar-refractivity contribution in [1.82, 2.24) is 0 Å². The summed E-state index contributed by atoms with van der Waals surface area (Å²) >= 11 is 1.72. The second-order valence-electron chi connectivity index (χ2n) is 2.53. The van der Waals surface area contributed by atoms with Crippen molar-refractivity contribution in [2.45, 2.75) is 5.25 Å². The predicted octanol–water partition coefficient (Wildman–Crippen LogP) is 2.06. The van der Waals surface area contributed by atoms with E-state index in [1.807, 2.05) is 17.6 Å². The maximum atomic E-state index is 5.31. The average molecular weight is 182 g/mol. The summed E-state index contributed by atoms with van der Waals surface area (Å²) in [6.45, 7) is 5.09. The summed E-state index contributed by atoms with van der Waals surface area (Å²) in [5, 5.41) is 2.35. The Hall–Kier alpha value is -0.830. The first-order valence-corrected chi connectivity index (χ1v) is 4.80. The number of thioether (sulfide) groups is 1. The van der Waals surface area contributed by atoms with Gasteiger partial charge in [0.1, 0.15) is 13.2 Å². The highest BCUT2D eigenvalue weighted by Gasteiger charge is 2.22. The molecule has 2 nitrogen and oxygen atoms in total. The molecule has 0 aromatic carbocycles. The summed E-state index contributed by atoms with van der Waals surface area (Å²) in [5.74, 6) is 0.682. The van der Waals surface area contributed by atoms with Gasteiger partial charge in [-0.3, -0.25) is 0 Å². The Labute approximate surface area is 75.9 Å². The SMILES string of the molecule is C=CC1SC=CC1=C1OCCO1. The zero-order chi connectivity index (χ0) is 8.39. The first kappa shape index (κ1) is 7.80. The van der Waals surface area contributed by atoms with E-state index in [0.29, 0.717) is 24.4 Å². The molecule has 0 saturated carbocycles. The minimum atomic E-state index is 0.304. The van der Waals surface area contributed by atoms with E-state index < -0.39 is 0 Å². The highest BCUT2D eigenvalue weighted by Crippen LogP contribution is 2.33. The minimum Gasteiger partial charge on any atom is -0.462 e. The minimum absolute atomic E-state index is 0.304. The van der Waals surface area contributed by atoms with Crippen LogP contribution in [0, 0.1) is 0 Å². The fraction of sp³-hybridized carbons (Fsp3) is 0.333. The van der Waals surface area contributed by atoms with Gasteiger partial charge in [0.05, 0.1) is 10.8 Å². The largest absolute Gasteiger partial charge is 0.462 e. The van der Waals surface area contributed by atoms with E-state index in [9.17, 15) is 0 Å². The van der Waals surface area contributed by atoms with Crippen LogP contribution in [-0.4, -0.2) is 18.5 Å². The van der Waals surface area contributed by atoms with Crippen molar-refractivity contribution in [3.05, 3.63) is 35.7 Å². The summed E-state index contributed by atoms with van der Waals surface area (Å²) in [6, 6.07) is 0. The lowest BCUT2D eigenvalue weighted by Gasteiger charge is -2.06. The lowest BCUT2D eigenvalue weighted by atomic mass is 10.2. The molecule has 1 unspecified atom stereocenters. The molecule has 0 amide bonds. The van der Waals surface area contributed by atoms with Gasteiger partial charge in [0.15, 0.2) is 0 Å². The lowest BCUT2D eigenvalue weighted by molar-refractivity contribution is 0.171. The lowest BCUT2D eigenvalue weighted by Crippen LogP contribution is -2.00. The monoisotopic (exact) mass is 182 g/mol. The smallest absolute Gasteiger partial charge is 0.284 e. The molecule has 3 heteroatoms. The van der Waals surface area contributed by atoms with Gasteiger partial charge in [-0.05, 0) is 11.5 Å². The summed E-state index contributed by atoms with van der Waals surface area (Å²) in [7, 11) is 0. The van der Waals surface area contributed by atoms with E-state index in [2.05, 4.69) is 6.58 Å². The van der Waals surface area contributed by atoms with Crippen molar-refractivity contribution < 1.29 is 9.47 Å². The Bertz CT molecular complexity index is 247. The van der Waals surface area contributed by atoms with Crippen molar-refractivity contribution in [2.75, 3.05) is 13.2 Å². The van der Waals surface area contributed by atoms with E-state index in [-0.39, 0.29) is 0 Å². The molecule has 0 aromatic heterocycles. The standard InChI is InChI=1S/C9H10O2S/c1-2-8-7(3-6-12-8)9-10-4-5-11-9/h2-3,6,8H,1,4-5H2. The van der Waals surface area contributed by atoms with Gasteiger partial charge in [-0.15, -0.1) is 18.3 Å². The third kappa shape index (κ3) is 1.25. The molecule has 0 aliphatic carbocycles. The Morgan fingerprint density at radius 2 is 2.25 bits per heavy atom. The molecule has 64 valence electrons. The summed E-state index contributed by atoms with van der Waals surface area (Å²) in [6.07, 6.45) is 3.93. The van der Waals surface area contributed by atoms with Gasteiger partial charge in [-0.25, -0.2) is 0 Å². The molecule has 1 saturated heterocycles. The molecule has 2 rings (SSSR count). The summed E-state index contributed by atoms with van der Waals surface area (Å²) in [5.41, 5.74) is 1.10. The molecule has 2 heterocycles. The highest BCUT2D eigenvalue weighted by atomic mass is 32.2. The summed E-state index contributed by atoms with van der Waals surface area (Å²) < 4.78 is 10.6. The highest BCUT2D eigenvalue weighted by molar-refractivity contribution is 8.03. The van der Waals surface area contributed by atoms with Gasteiger partial charge in [-0.1, -0.05) is 6.08 Å². The molecule has 0 N–H and O–H groups in total. The number of rotatable bonds is 1. The van der Waals surface area contributed by atoms with E-state index in [1.165, 1.54) is 0 Å². The van der Waals surface area contributed by atoms with E-state index in [1.54, 1.807) is 11.8 Å². The van der Waals surface area contributed by atoms with Crippen LogP contribution in [0.3, 0.4) is 0 Å². The van der Waals surface area contributed by atoms with Gasteiger partial charge in [0.25, 0.3) is 5.95 Å². The van der Waals surface area contributed by atoms with Gasteiger partial charge < -0.3 is 9.47 Å².